The van der Waals surface area contributed by atoms with Gasteiger partial charge >= 0.3 is 0 Å². The lowest BCUT2D eigenvalue weighted by molar-refractivity contribution is 0.316. The summed E-state index contributed by atoms with van der Waals surface area (Å²) in [6.45, 7) is 2.80. The van der Waals surface area contributed by atoms with Crippen molar-refractivity contribution < 1.29 is 4.74 Å². The number of guanidine groups is 1. The van der Waals surface area contributed by atoms with Crippen molar-refractivity contribution in [2.75, 3.05) is 18.5 Å². The van der Waals surface area contributed by atoms with Crippen molar-refractivity contribution in [3.8, 4) is 5.88 Å². The fraction of sp³-hybridized carbons (Fsp3) is 0.250. The number of pyridine rings is 1. The molecule has 0 unspecified atom stereocenters. The van der Waals surface area contributed by atoms with E-state index >= 15 is 0 Å². The monoisotopic (exact) mass is 480 g/mol. The normalized spacial score (nSPS) is 10.9. The summed E-state index contributed by atoms with van der Waals surface area (Å²) in [7, 11) is 0. The first-order chi connectivity index (χ1) is 11.1. The van der Waals surface area contributed by atoms with E-state index in [1.165, 1.54) is 11.8 Å². The van der Waals surface area contributed by atoms with Gasteiger partial charge in [0.05, 0.1) is 11.6 Å². The molecule has 24 heavy (non-hydrogen) atoms. The van der Waals surface area contributed by atoms with Crippen LogP contribution in [0.4, 0.5) is 5.69 Å². The Labute approximate surface area is 168 Å². The second-order valence-corrected chi connectivity index (χ2v) is 5.58. The van der Waals surface area contributed by atoms with E-state index in [0.29, 0.717) is 35.0 Å². The van der Waals surface area contributed by atoms with Crippen LogP contribution >= 0.6 is 47.2 Å². The van der Waals surface area contributed by atoms with Crippen molar-refractivity contribution in [2.24, 2.45) is 10.7 Å². The molecule has 8 heteroatoms. The fourth-order valence-corrected chi connectivity index (χ4v) is 2.26. The highest BCUT2D eigenvalue weighted by Gasteiger charge is 2.03. The van der Waals surface area contributed by atoms with Crippen LogP contribution in [0.3, 0.4) is 0 Å². The molecule has 0 fully saturated rings. The topological polar surface area (TPSA) is 72.5 Å². The van der Waals surface area contributed by atoms with Crippen molar-refractivity contribution >= 4 is 58.8 Å². The number of aromatic nitrogens is 1. The highest BCUT2D eigenvalue weighted by molar-refractivity contribution is 14.0. The van der Waals surface area contributed by atoms with E-state index in [0.717, 1.165) is 12.1 Å². The van der Waals surface area contributed by atoms with Crippen molar-refractivity contribution in [3.63, 3.8) is 0 Å². The molecule has 0 bridgehead atoms. The van der Waals surface area contributed by atoms with Crippen LogP contribution in [0.15, 0.2) is 41.5 Å². The molecule has 0 atom stereocenters. The molecule has 0 saturated heterocycles. The molecule has 2 aromatic rings. The molecule has 0 spiro atoms. The Morgan fingerprint density at radius 1 is 1.29 bits per heavy atom. The molecule has 0 saturated carbocycles. The quantitative estimate of drug-likeness (QED) is 0.278. The number of ether oxygens (including phenoxy) is 1. The van der Waals surface area contributed by atoms with Gasteiger partial charge in [0.25, 0.3) is 0 Å². The Morgan fingerprint density at radius 3 is 2.62 bits per heavy atom. The van der Waals surface area contributed by atoms with Crippen LogP contribution < -0.4 is 15.8 Å². The SMILES string of the molecule is CCc1ccc(NC(N)=NCCOc2ncc(Cl)cc2Cl)cc1.I. The molecule has 1 aromatic carbocycles. The Hall–Kier alpha value is -1.25. The van der Waals surface area contributed by atoms with Crippen LogP contribution in [0.25, 0.3) is 0 Å². The van der Waals surface area contributed by atoms with Gasteiger partial charge in [0.15, 0.2) is 5.96 Å². The molecule has 1 heterocycles. The van der Waals surface area contributed by atoms with Crippen LogP contribution in [0.1, 0.15) is 12.5 Å². The first kappa shape index (κ1) is 20.8. The van der Waals surface area contributed by atoms with E-state index in [9.17, 15) is 0 Å². The molecule has 0 aliphatic carbocycles. The average molecular weight is 481 g/mol. The smallest absolute Gasteiger partial charge is 0.232 e. The lowest BCUT2D eigenvalue weighted by Crippen LogP contribution is -2.23. The number of nitrogens with zero attached hydrogens (tertiary/aromatic N) is 2. The summed E-state index contributed by atoms with van der Waals surface area (Å²) in [6.07, 6.45) is 2.48. The lowest BCUT2D eigenvalue weighted by Gasteiger charge is -2.07. The molecule has 0 aliphatic heterocycles. The van der Waals surface area contributed by atoms with Crippen molar-refractivity contribution in [2.45, 2.75) is 13.3 Å². The van der Waals surface area contributed by atoms with Gasteiger partial charge in [-0.2, -0.15) is 0 Å². The van der Waals surface area contributed by atoms with E-state index in [2.05, 4.69) is 22.2 Å². The van der Waals surface area contributed by atoms with Crippen molar-refractivity contribution in [1.29, 1.82) is 0 Å². The molecule has 0 amide bonds. The number of halogens is 3. The van der Waals surface area contributed by atoms with Crippen LogP contribution in [0.5, 0.6) is 5.88 Å². The van der Waals surface area contributed by atoms with Crippen LogP contribution in [0.2, 0.25) is 10.0 Å². The maximum atomic E-state index is 5.96. The summed E-state index contributed by atoms with van der Waals surface area (Å²) in [5.41, 5.74) is 8.00. The third-order valence-corrected chi connectivity index (χ3v) is 3.50. The molecule has 1 aromatic heterocycles. The predicted octanol–water partition coefficient (Wildman–Crippen LogP) is 4.37. The fourth-order valence-electron chi connectivity index (χ4n) is 1.83. The van der Waals surface area contributed by atoms with Gasteiger partial charge in [-0.1, -0.05) is 42.3 Å². The predicted molar refractivity (Wildman–Crippen MR) is 111 cm³/mol. The average Bonchev–Trinajstić information content (AvgIpc) is 2.54. The van der Waals surface area contributed by atoms with Crippen molar-refractivity contribution in [1.82, 2.24) is 4.98 Å². The summed E-state index contributed by atoms with van der Waals surface area (Å²) < 4.78 is 5.43. The number of hydrogen-bond donors (Lipinski definition) is 2. The number of aryl methyl sites for hydroxylation is 1. The van der Waals surface area contributed by atoms with E-state index < -0.39 is 0 Å². The molecular weight excluding hydrogens is 462 g/mol. The number of hydrogen-bond acceptors (Lipinski definition) is 3. The van der Waals surface area contributed by atoms with E-state index in [-0.39, 0.29) is 24.0 Å². The maximum absolute atomic E-state index is 5.96. The maximum Gasteiger partial charge on any atom is 0.232 e. The summed E-state index contributed by atoms with van der Waals surface area (Å²) in [5, 5.41) is 3.85. The molecule has 0 radical (unpaired) electrons. The van der Waals surface area contributed by atoms with Crippen molar-refractivity contribution in [3.05, 3.63) is 52.1 Å². The lowest BCUT2D eigenvalue weighted by atomic mass is 10.1. The number of rotatable bonds is 6. The zero-order chi connectivity index (χ0) is 16.7. The van der Waals surface area contributed by atoms with Crippen LogP contribution in [-0.2, 0) is 6.42 Å². The Bertz CT molecular complexity index is 680. The zero-order valence-corrected chi connectivity index (χ0v) is 17.0. The molecule has 2 rings (SSSR count). The first-order valence-corrected chi connectivity index (χ1v) is 7.94. The molecule has 130 valence electrons. The zero-order valence-electron chi connectivity index (χ0n) is 13.1. The number of anilines is 1. The van der Waals surface area contributed by atoms with Gasteiger partial charge in [0.2, 0.25) is 5.88 Å². The van der Waals surface area contributed by atoms with Gasteiger partial charge < -0.3 is 15.8 Å². The van der Waals surface area contributed by atoms with E-state index in [4.69, 9.17) is 33.7 Å². The van der Waals surface area contributed by atoms with Gasteiger partial charge in [-0.3, -0.25) is 0 Å². The van der Waals surface area contributed by atoms with Gasteiger partial charge in [-0.15, -0.1) is 24.0 Å². The summed E-state index contributed by atoms with van der Waals surface area (Å²) in [5.74, 6) is 0.654. The number of nitrogens with two attached hydrogens (primary N) is 1. The Balaban J connectivity index is 0.00000288. The highest BCUT2D eigenvalue weighted by atomic mass is 127. The Kier molecular flexibility index (Phi) is 9.17. The van der Waals surface area contributed by atoms with Crippen LogP contribution in [0, 0.1) is 0 Å². The number of nitrogens with one attached hydrogen (secondary N) is 1. The van der Waals surface area contributed by atoms with Gasteiger partial charge in [0.1, 0.15) is 11.6 Å². The minimum atomic E-state index is 0. The minimum Gasteiger partial charge on any atom is -0.475 e. The summed E-state index contributed by atoms with van der Waals surface area (Å²) in [6, 6.07) is 9.61. The first-order valence-electron chi connectivity index (χ1n) is 7.18. The number of benzene rings is 1. The highest BCUT2D eigenvalue weighted by Crippen LogP contribution is 2.24. The molecule has 3 N–H and O–H groups in total. The standard InChI is InChI=1S/C16H18Cl2N4O.HI/c1-2-11-3-5-13(6-4-11)22-16(19)20-7-8-23-15-14(18)9-12(17)10-21-15;/h3-6,9-10H,2,7-8H2,1H3,(H3,19,20,22);1H. The van der Waals surface area contributed by atoms with Gasteiger partial charge in [-0.05, 0) is 30.2 Å². The van der Waals surface area contributed by atoms with Crippen LogP contribution in [-0.4, -0.2) is 24.1 Å². The summed E-state index contributed by atoms with van der Waals surface area (Å²) >= 11 is 11.7. The van der Waals surface area contributed by atoms with Gasteiger partial charge in [-0.25, -0.2) is 9.98 Å². The largest absolute Gasteiger partial charge is 0.475 e. The molecular formula is C16H19Cl2IN4O. The van der Waals surface area contributed by atoms with E-state index in [1.807, 2.05) is 24.3 Å². The van der Waals surface area contributed by atoms with E-state index in [1.54, 1.807) is 6.07 Å². The van der Waals surface area contributed by atoms with Gasteiger partial charge in [0, 0.05) is 11.9 Å². The second kappa shape index (κ2) is 10.6. The third kappa shape index (κ3) is 6.70. The Morgan fingerprint density at radius 2 is 2.00 bits per heavy atom. The molecule has 0 aliphatic rings. The second-order valence-electron chi connectivity index (χ2n) is 4.73. The molecule has 5 nitrogen and oxygen atoms in total. The summed E-state index contributed by atoms with van der Waals surface area (Å²) in [4.78, 5) is 8.18. The number of aliphatic imine (C=N–C) groups is 1. The minimum absolute atomic E-state index is 0. The third-order valence-electron chi connectivity index (χ3n) is 3.02.